The highest BCUT2D eigenvalue weighted by molar-refractivity contribution is 9.10. The van der Waals surface area contributed by atoms with Gasteiger partial charge in [-0.1, -0.05) is 0 Å². The molecule has 0 bridgehead atoms. The normalized spacial score (nSPS) is 10.0. The van der Waals surface area contributed by atoms with Gasteiger partial charge in [-0.3, -0.25) is 0 Å². The van der Waals surface area contributed by atoms with E-state index in [1.807, 2.05) is 6.07 Å². The van der Waals surface area contributed by atoms with Crippen molar-refractivity contribution >= 4 is 15.9 Å². The first-order chi connectivity index (χ1) is 9.06. The Morgan fingerprint density at radius 1 is 1.37 bits per heavy atom. The average Bonchev–Trinajstić information content (AvgIpc) is 2.42. The maximum atomic E-state index is 13.9. The van der Waals surface area contributed by atoms with E-state index in [1.165, 1.54) is 31.4 Å². The van der Waals surface area contributed by atoms with Gasteiger partial charge in [0.25, 0.3) is 0 Å². The van der Waals surface area contributed by atoms with Gasteiger partial charge in [-0.25, -0.2) is 0 Å². The van der Waals surface area contributed by atoms with Crippen LogP contribution in [-0.4, -0.2) is 17.2 Å². The third-order valence-electron chi connectivity index (χ3n) is 2.51. The van der Waals surface area contributed by atoms with Crippen LogP contribution in [-0.2, 0) is 0 Å². The molecule has 2 rings (SSSR count). The molecule has 2 aromatic rings. The molecule has 1 heterocycles. The van der Waals surface area contributed by atoms with Crippen LogP contribution in [0.5, 0.6) is 11.6 Å². The van der Waals surface area contributed by atoms with Crippen LogP contribution in [0, 0.1) is 17.3 Å². The molecule has 96 valence electrons. The van der Waals surface area contributed by atoms with Gasteiger partial charge in [0, 0.05) is 17.2 Å². The number of nitrogens with zero attached hydrogens (tertiary/aromatic N) is 2. The van der Waals surface area contributed by atoms with Crippen LogP contribution >= 0.6 is 15.9 Å². The number of nitriles is 1. The van der Waals surface area contributed by atoms with Gasteiger partial charge in [-0.05, 0) is 34.1 Å². The Kier molecular flexibility index (Phi) is 3.67. The van der Waals surface area contributed by atoms with Gasteiger partial charge in [-0.15, -0.1) is 0 Å². The third-order valence-corrected chi connectivity index (χ3v) is 3.12. The van der Waals surface area contributed by atoms with E-state index in [0.29, 0.717) is 10.0 Å². The van der Waals surface area contributed by atoms with Crippen molar-refractivity contribution in [3.8, 4) is 28.8 Å². The van der Waals surface area contributed by atoms with Crippen LogP contribution in [0.15, 0.2) is 28.7 Å². The molecule has 0 atom stereocenters. The second-order valence-corrected chi connectivity index (χ2v) is 4.51. The summed E-state index contributed by atoms with van der Waals surface area (Å²) < 4.78 is 19.0. The zero-order chi connectivity index (χ0) is 14.0. The minimum absolute atomic E-state index is 0.0936. The summed E-state index contributed by atoms with van der Waals surface area (Å²) in [6, 6.07) is 7.70. The smallest absolute Gasteiger partial charge is 0.224 e. The van der Waals surface area contributed by atoms with E-state index in [9.17, 15) is 9.50 Å². The molecule has 0 saturated heterocycles. The van der Waals surface area contributed by atoms with E-state index in [4.69, 9.17) is 10.00 Å². The van der Waals surface area contributed by atoms with E-state index < -0.39 is 5.95 Å². The molecular formula is C13H8BrFN2O2. The predicted molar refractivity (Wildman–Crippen MR) is 70.3 cm³/mol. The molecule has 4 nitrogen and oxygen atoms in total. The molecule has 0 unspecified atom stereocenters. The molecule has 0 spiro atoms. The number of phenolic OH excluding ortho intramolecular Hbond substituents is 1. The summed E-state index contributed by atoms with van der Waals surface area (Å²) in [6.45, 7) is 0. The number of phenols is 1. The highest BCUT2D eigenvalue weighted by Crippen LogP contribution is 2.37. The lowest BCUT2D eigenvalue weighted by Gasteiger charge is -2.09. The van der Waals surface area contributed by atoms with Gasteiger partial charge in [-0.2, -0.15) is 14.6 Å². The van der Waals surface area contributed by atoms with E-state index >= 15 is 0 Å². The number of methoxy groups -OCH3 is 1. The number of rotatable bonds is 2. The fraction of sp³-hybridized carbons (Fsp3) is 0.0769. The molecule has 6 heteroatoms. The quantitative estimate of drug-likeness (QED) is 0.862. The minimum atomic E-state index is -0.781. The molecule has 1 aromatic heterocycles. The lowest BCUT2D eigenvalue weighted by molar-refractivity contribution is 0.388. The minimum Gasteiger partial charge on any atom is -0.506 e. The first kappa shape index (κ1) is 13.3. The largest absolute Gasteiger partial charge is 0.506 e. The Morgan fingerprint density at radius 3 is 2.68 bits per heavy atom. The van der Waals surface area contributed by atoms with Gasteiger partial charge in [0.1, 0.15) is 5.75 Å². The molecule has 0 fully saturated rings. The van der Waals surface area contributed by atoms with Crippen LogP contribution in [0.1, 0.15) is 5.56 Å². The van der Waals surface area contributed by atoms with E-state index in [2.05, 4.69) is 20.9 Å². The van der Waals surface area contributed by atoms with Crippen LogP contribution in [0.3, 0.4) is 0 Å². The van der Waals surface area contributed by atoms with Crippen molar-refractivity contribution in [3.63, 3.8) is 0 Å². The number of pyridine rings is 1. The van der Waals surface area contributed by atoms with Gasteiger partial charge >= 0.3 is 0 Å². The SMILES string of the molecule is COc1ccc(-c2cc(C#N)cc(Br)c2O)c(F)n1. The molecule has 0 amide bonds. The van der Waals surface area contributed by atoms with E-state index in [-0.39, 0.29) is 22.8 Å². The molecule has 19 heavy (non-hydrogen) atoms. The number of benzene rings is 1. The summed E-state index contributed by atoms with van der Waals surface area (Å²) in [5.41, 5.74) is 0.588. The maximum Gasteiger partial charge on any atom is 0.224 e. The Morgan fingerprint density at radius 2 is 2.11 bits per heavy atom. The number of hydrogen-bond acceptors (Lipinski definition) is 4. The second kappa shape index (κ2) is 5.24. The van der Waals surface area contributed by atoms with Crippen molar-refractivity contribution in [1.82, 2.24) is 4.98 Å². The van der Waals surface area contributed by atoms with Crippen molar-refractivity contribution in [2.24, 2.45) is 0 Å². The van der Waals surface area contributed by atoms with Gasteiger partial charge in [0.05, 0.1) is 23.2 Å². The number of aromatic hydroxyl groups is 1. The molecule has 0 aliphatic rings. The maximum absolute atomic E-state index is 13.9. The monoisotopic (exact) mass is 322 g/mol. The molecule has 1 N–H and O–H groups in total. The number of aromatic nitrogens is 1. The number of halogens is 2. The molecular weight excluding hydrogens is 315 g/mol. The number of ether oxygens (including phenoxy) is 1. The fourth-order valence-corrected chi connectivity index (χ4v) is 2.06. The van der Waals surface area contributed by atoms with E-state index in [0.717, 1.165) is 0 Å². The lowest BCUT2D eigenvalue weighted by Crippen LogP contribution is -1.94. The summed E-state index contributed by atoms with van der Waals surface area (Å²) in [7, 11) is 1.38. The molecule has 0 saturated carbocycles. The standard InChI is InChI=1S/C13H8BrFN2O2/c1-19-11-3-2-8(13(15)17-11)9-4-7(6-16)5-10(14)12(9)18/h2-5,18H,1H3. The molecule has 0 aliphatic carbocycles. The van der Waals surface area contributed by atoms with Crippen molar-refractivity contribution in [1.29, 1.82) is 5.26 Å². The summed E-state index contributed by atoms with van der Waals surface area (Å²) in [5, 5.41) is 18.8. The third kappa shape index (κ3) is 2.51. The average molecular weight is 323 g/mol. The highest BCUT2D eigenvalue weighted by atomic mass is 79.9. The number of hydrogen-bond donors (Lipinski definition) is 1. The van der Waals surface area contributed by atoms with Crippen LogP contribution in [0.2, 0.25) is 0 Å². The van der Waals surface area contributed by atoms with Gasteiger partial charge in [0.2, 0.25) is 11.8 Å². The summed E-state index contributed by atoms with van der Waals surface area (Å²) in [6.07, 6.45) is 0. The first-order valence-electron chi connectivity index (χ1n) is 5.20. The topological polar surface area (TPSA) is 66.1 Å². The van der Waals surface area contributed by atoms with Crippen molar-refractivity contribution < 1.29 is 14.2 Å². The Bertz CT molecular complexity index is 683. The van der Waals surface area contributed by atoms with Crippen molar-refractivity contribution in [2.45, 2.75) is 0 Å². The first-order valence-corrected chi connectivity index (χ1v) is 5.99. The Balaban J connectivity index is 2.65. The zero-order valence-corrected chi connectivity index (χ0v) is 11.4. The second-order valence-electron chi connectivity index (χ2n) is 3.66. The van der Waals surface area contributed by atoms with Crippen LogP contribution in [0.25, 0.3) is 11.1 Å². The van der Waals surface area contributed by atoms with Crippen LogP contribution < -0.4 is 4.74 Å². The fourth-order valence-electron chi connectivity index (χ4n) is 1.60. The zero-order valence-electron chi connectivity index (χ0n) is 9.82. The summed E-state index contributed by atoms with van der Waals surface area (Å²) >= 11 is 3.12. The molecule has 1 aromatic carbocycles. The van der Waals surface area contributed by atoms with Crippen LogP contribution in [0.4, 0.5) is 4.39 Å². The Hall–Kier alpha value is -2.13. The molecule has 0 radical (unpaired) electrons. The highest BCUT2D eigenvalue weighted by Gasteiger charge is 2.15. The van der Waals surface area contributed by atoms with Crippen molar-refractivity contribution in [2.75, 3.05) is 7.11 Å². The predicted octanol–water partition coefficient (Wildman–Crippen LogP) is 3.24. The van der Waals surface area contributed by atoms with Gasteiger partial charge < -0.3 is 9.84 Å². The van der Waals surface area contributed by atoms with E-state index in [1.54, 1.807) is 0 Å². The summed E-state index contributed by atoms with van der Waals surface area (Å²) in [4.78, 5) is 3.60. The van der Waals surface area contributed by atoms with Crippen molar-refractivity contribution in [3.05, 3.63) is 40.2 Å². The lowest BCUT2D eigenvalue weighted by atomic mass is 10.0. The van der Waals surface area contributed by atoms with Gasteiger partial charge in [0.15, 0.2) is 0 Å². The summed E-state index contributed by atoms with van der Waals surface area (Å²) in [5.74, 6) is -0.794. The molecule has 0 aliphatic heterocycles. The Labute approximate surface area is 117 Å².